The Balaban J connectivity index is 1.92. The molecule has 1 saturated heterocycles. The summed E-state index contributed by atoms with van der Waals surface area (Å²) in [6, 6.07) is 5.80. The van der Waals surface area contributed by atoms with Crippen LogP contribution < -0.4 is 15.5 Å². The Morgan fingerprint density at radius 2 is 2.26 bits per heavy atom. The van der Waals surface area contributed by atoms with Crippen LogP contribution in [0.4, 0.5) is 11.4 Å². The molecule has 3 rings (SSSR count). The van der Waals surface area contributed by atoms with Crippen LogP contribution >= 0.6 is 0 Å². The van der Waals surface area contributed by atoms with Crippen molar-refractivity contribution in [2.75, 3.05) is 36.4 Å². The molecule has 0 aliphatic carbocycles. The lowest BCUT2D eigenvalue weighted by molar-refractivity contribution is 0.0697. The second kappa shape index (κ2) is 5.09. The molecular formula is C14H19N3O2. The molecule has 1 aromatic rings. The van der Waals surface area contributed by atoms with Crippen LogP contribution in [-0.4, -0.2) is 43.3 Å². The van der Waals surface area contributed by atoms with Crippen molar-refractivity contribution in [3.63, 3.8) is 0 Å². The van der Waals surface area contributed by atoms with Crippen LogP contribution in [0.1, 0.15) is 23.2 Å². The van der Waals surface area contributed by atoms with Crippen molar-refractivity contribution >= 4 is 17.3 Å². The molecular weight excluding hydrogens is 242 g/mol. The number of aromatic carboxylic acids is 1. The van der Waals surface area contributed by atoms with E-state index in [0.717, 1.165) is 37.6 Å². The quantitative estimate of drug-likeness (QED) is 0.750. The number of rotatable bonds is 2. The highest BCUT2D eigenvalue weighted by molar-refractivity contribution is 5.91. The van der Waals surface area contributed by atoms with Gasteiger partial charge in [0.15, 0.2) is 0 Å². The van der Waals surface area contributed by atoms with Gasteiger partial charge in [0.25, 0.3) is 0 Å². The van der Waals surface area contributed by atoms with Crippen molar-refractivity contribution in [1.82, 2.24) is 5.32 Å². The standard InChI is InChI=1S/C14H19N3O2/c18-14(19)10-3-4-12-13(8-10)17(7-6-16-12)11-2-1-5-15-9-11/h3-4,8,11,15-16H,1-2,5-7,9H2,(H,18,19). The Kier molecular flexibility index (Phi) is 3.29. The van der Waals surface area contributed by atoms with Gasteiger partial charge in [-0.2, -0.15) is 0 Å². The molecule has 2 heterocycles. The average molecular weight is 261 g/mol. The summed E-state index contributed by atoms with van der Waals surface area (Å²) >= 11 is 0. The Morgan fingerprint density at radius 1 is 1.37 bits per heavy atom. The molecule has 1 atom stereocenters. The SMILES string of the molecule is O=C(O)c1ccc2c(c1)N(C1CCCNC1)CCN2. The van der Waals surface area contributed by atoms with Crippen molar-refractivity contribution < 1.29 is 9.90 Å². The highest BCUT2D eigenvalue weighted by atomic mass is 16.4. The number of anilines is 2. The fraction of sp³-hybridized carbons (Fsp3) is 0.500. The Labute approximate surface area is 112 Å². The summed E-state index contributed by atoms with van der Waals surface area (Å²) in [4.78, 5) is 13.5. The molecule has 2 aliphatic heterocycles. The topological polar surface area (TPSA) is 64.6 Å². The Bertz CT molecular complexity index is 484. The molecule has 1 fully saturated rings. The van der Waals surface area contributed by atoms with E-state index in [4.69, 9.17) is 5.11 Å². The predicted molar refractivity (Wildman–Crippen MR) is 75.1 cm³/mol. The highest BCUT2D eigenvalue weighted by Crippen LogP contribution is 2.32. The number of fused-ring (bicyclic) bond motifs is 1. The minimum Gasteiger partial charge on any atom is -0.478 e. The number of piperidine rings is 1. The molecule has 0 saturated carbocycles. The molecule has 2 aliphatic rings. The van der Waals surface area contributed by atoms with Gasteiger partial charge in [0, 0.05) is 25.7 Å². The summed E-state index contributed by atoms with van der Waals surface area (Å²) in [6.45, 7) is 3.92. The number of hydrogen-bond acceptors (Lipinski definition) is 4. The van der Waals surface area contributed by atoms with Gasteiger partial charge in [0.1, 0.15) is 0 Å². The van der Waals surface area contributed by atoms with Crippen molar-refractivity contribution in [2.24, 2.45) is 0 Å². The molecule has 1 unspecified atom stereocenters. The number of carboxylic acids is 1. The van der Waals surface area contributed by atoms with E-state index in [1.807, 2.05) is 6.07 Å². The molecule has 0 aromatic heterocycles. The molecule has 0 bridgehead atoms. The van der Waals surface area contributed by atoms with Crippen molar-refractivity contribution in [3.8, 4) is 0 Å². The number of nitrogens with one attached hydrogen (secondary N) is 2. The van der Waals surface area contributed by atoms with Gasteiger partial charge in [0.2, 0.25) is 0 Å². The van der Waals surface area contributed by atoms with E-state index >= 15 is 0 Å². The zero-order valence-corrected chi connectivity index (χ0v) is 10.9. The Morgan fingerprint density at radius 3 is 3.00 bits per heavy atom. The van der Waals surface area contributed by atoms with Crippen LogP contribution in [0.2, 0.25) is 0 Å². The van der Waals surface area contributed by atoms with Crippen LogP contribution in [0.25, 0.3) is 0 Å². The van der Waals surface area contributed by atoms with Gasteiger partial charge in [0.05, 0.1) is 16.9 Å². The zero-order chi connectivity index (χ0) is 13.2. The molecule has 0 radical (unpaired) electrons. The van der Waals surface area contributed by atoms with Crippen LogP contribution in [0, 0.1) is 0 Å². The summed E-state index contributed by atoms with van der Waals surface area (Å²) in [5, 5.41) is 15.9. The summed E-state index contributed by atoms with van der Waals surface area (Å²) in [7, 11) is 0. The van der Waals surface area contributed by atoms with Crippen LogP contribution in [0.5, 0.6) is 0 Å². The lowest BCUT2D eigenvalue weighted by Crippen LogP contribution is -2.49. The molecule has 0 spiro atoms. The van der Waals surface area contributed by atoms with Gasteiger partial charge >= 0.3 is 5.97 Å². The van der Waals surface area contributed by atoms with Crippen molar-refractivity contribution in [1.29, 1.82) is 0 Å². The third-order valence-electron chi connectivity index (χ3n) is 3.93. The first kappa shape index (κ1) is 12.3. The van der Waals surface area contributed by atoms with E-state index < -0.39 is 5.97 Å². The van der Waals surface area contributed by atoms with E-state index in [-0.39, 0.29) is 0 Å². The molecule has 1 aromatic carbocycles. The zero-order valence-electron chi connectivity index (χ0n) is 10.9. The van der Waals surface area contributed by atoms with Gasteiger partial charge < -0.3 is 20.6 Å². The fourth-order valence-corrected chi connectivity index (χ4v) is 2.96. The first-order chi connectivity index (χ1) is 9.25. The van der Waals surface area contributed by atoms with Gasteiger partial charge in [-0.05, 0) is 37.6 Å². The van der Waals surface area contributed by atoms with Gasteiger partial charge in [-0.1, -0.05) is 0 Å². The predicted octanol–water partition coefficient (Wildman–Crippen LogP) is 1.37. The first-order valence-electron chi connectivity index (χ1n) is 6.84. The monoisotopic (exact) mass is 261 g/mol. The smallest absolute Gasteiger partial charge is 0.335 e. The molecule has 5 nitrogen and oxygen atoms in total. The highest BCUT2D eigenvalue weighted by Gasteiger charge is 2.26. The Hall–Kier alpha value is -1.75. The van der Waals surface area contributed by atoms with Crippen molar-refractivity contribution in [3.05, 3.63) is 23.8 Å². The molecule has 0 amide bonds. The van der Waals surface area contributed by atoms with Crippen LogP contribution in [0.15, 0.2) is 18.2 Å². The molecule has 102 valence electrons. The molecule has 19 heavy (non-hydrogen) atoms. The maximum atomic E-state index is 11.1. The number of hydrogen-bond donors (Lipinski definition) is 3. The molecule has 5 heteroatoms. The number of carbonyl (C=O) groups is 1. The summed E-state index contributed by atoms with van der Waals surface area (Å²) in [5.41, 5.74) is 2.43. The van der Waals surface area contributed by atoms with E-state index in [1.54, 1.807) is 12.1 Å². The maximum absolute atomic E-state index is 11.1. The van der Waals surface area contributed by atoms with Gasteiger partial charge in [-0.15, -0.1) is 0 Å². The average Bonchev–Trinajstić information content (AvgIpc) is 2.47. The molecule has 3 N–H and O–H groups in total. The van der Waals surface area contributed by atoms with E-state index in [1.165, 1.54) is 12.8 Å². The third-order valence-corrected chi connectivity index (χ3v) is 3.93. The normalized spacial score (nSPS) is 22.5. The minimum atomic E-state index is -0.866. The van der Waals surface area contributed by atoms with Gasteiger partial charge in [-0.25, -0.2) is 4.79 Å². The third kappa shape index (κ3) is 2.38. The number of benzene rings is 1. The largest absolute Gasteiger partial charge is 0.478 e. The van der Waals surface area contributed by atoms with E-state index in [9.17, 15) is 4.79 Å². The van der Waals surface area contributed by atoms with Gasteiger partial charge in [-0.3, -0.25) is 0 Å². The van der Waals surface area contributed by atoms with Crippen molar-refractivity contribution in [2.45, 2.75) is 18.9 Å². The second-order valence-corrected chi connectivity index (χ2v) is 5.16. The lowest BCUT2D eigenvalue weighted by Gasteiger charge is -2.40. The number of nitrogens with zero attached hydrogens (tertiary/aromatic N) is 1. The fourth-order valence-electron chi connectivity index (χ4n) is 2.96. The lowest BCUT2D eigenvalue weighted by atomic mass is 10.0. The van der Waals surface area contributed by atoms with Crippen LogP contribution in [0.3, 0.4) is 0 Å². The van der Waals surface area contributed by atoms with E-state index in [0.29, 0.717) is 11.6 Å². The van der Waals surface area contributed by atoms with Crippen LogP contribution in [-0.2, 0) is 0 Å². The minimum absolute atomic E-state index is 0.358. The summed E-state index contributed by atoms with van der Waals surface area (Å²) in [6.07, 6.45) is 2.35. The summed E-state index contributed by atoms with van der Waals surface area (Å²) in [5.74, 6) is -0.866. The summed E-state index contributed by atoms with van der Waals surface area (Å²) < 4.78 is 0. The number of carboxylic acid groups (broad SMARTS) is 1. The maximum Gasteiger partial charge on any atom is 0.335 e. The van der Waals surface area contributed by atoms with E-state index in [2.05, 4.69) is 15.5 Å². The second-order valence-electron chi connectivity index (χ2n) is 5.16. The first-order valence-corrected chi connectivity index (χ1v) is 6.84.